The summed E-state index contributed by atoms with van der Waals surface area (Å²) < 4.78 is 0. The van der Waals surface area contributed by atoms with Crippen LogP contribution in [0.25, 0.3) is 0 Å². The number of carbonyl (C=O) groups is 1. The quantitative estimate of drug-likeness (QED) is 0.939. The molecule has 0 fully saturated rings. The van der Waals surface area contributed by atoms with Gasteiger partial charge in [-0.25, -0.2) is 0 Å². The first kappa shape index (κ1) is 13.8. The third-order valence-corrected chi connectivity index (χ3v) is 3.99. The number of anilines is 1. The molecular weight excluding hydrogens is 260 g/mol. The summed E-state index contributed by atoms with van der Waals surface area (Å²) in [7, 11) is 0. The highest BCUT2D eigenvalue weighted by molar-refractivity contribution is 5.98. The van der Waals surface area contributed by atoms with E-state index in [9.17, 15) is 4.79 Å². The van der Waals surface area contributed by atoms with Crippen LogP contribution in [0.2, 0.25) is 0 Å². The zero-order valence-electron chi connectivity index (χ0n) is 12.0. The summed E-state index contributed by atoms with van der Waals surface area (Å²) in [5, 5.41) is 0. The van der Waals surface area contributed by atoms with Crippen LogP contribution in [-0.2, 0) is 17.6 Å². The van der Waals surface area contributed by atoms with E-state index in [0.717, 1.165) is 30.6 Å². The molecule has 3 rings (SSSR count). The van der Waals surface area contributed by atoms with Gasteiger partial charge >= 0.3 is 0 Å². The number of benzene rings is 2. The molecule has 0 aromatic heterocycles. The Bertz CT molecular complexity index is 624. The van der Waals surface area contributed by atoms with Gasteiger partial charge in [-0.1, -0.05) is 48.5 Å². The number of hydrogen-bond acceptors (Lipinski definition) is 2. The third-order valence-electron chi connectivity index (χ3n) is 3.99. The molecule has 1 heterocycles. The summed E-state index contributed by atoms with van der Waals surface area (Å²) in [4.78, 5) is 14.5. The van der Waals surface area contributed by atoms with Gasteiger partial charge in [-0.3, -0.25) is 4.79 Å². The van der Waals surface area contributed by atoms with Crippen molar-refractivity contribution in [1.29, 1.82) is 0 Å². The summed E-state index contributed by atoms with van der Waals surface area (Å²) in [5.41, 5.74) is 9.51. The maximum Gasteiger partial charge on any atom is 0.244 e. The van der Waals surface area contributed by atoms with Crippen LogP contribution >= 0.6 is 0 Å². The normalized spacial score (nSPS) is 15.4. The molecule has 2 aromatic carbocycles. The van der Waals surface area contributed by atoms with E-state index >= 15 is 0 Å². The summed E-state index contributed by atoms with van der Waals surface area (Å²) in [6, 6.07) is 17.6. The fourth-order valence-electron chi connectivity index (χ4n) is 2.92. The average molecular weight is 280 g/mol. The number of nitrogens with two attached hydrogens (primary N) is 1. The number of fused-ring (bicyclic) bond motifs is 1. The molecule has 108 valence electrons. The van der Waals surface area contributed by atoms with Crippen LogP contribution in [0.5, 0.6) is 0 Å². The summed E-state index contributed by atoms with van der Waals surface area (Å²) in [6.07, 6.45) is 2.62. The molecule has 1 atom stereocenters. The van der Waals surface area contributed by atoms with Crippen molar-refractivity contribution in [3.63, 3.8) is 0 Å². The molecule has 0 spiro atoms. The van der Waals surface area contributed by atoms with Gasteiger partial charge in [0.15, 0.2) is 0 Å². The topological polar surface area (TPSA) is 46.3 Å². The maximum atomic E-state index is 12.7. The fourth-order valence-corrected chi connectivity index (χ4v) is 2.92. The van der Waals surface area contributed by atoms with Crippen molar-refractivity contribution >= 4 is 11.6 Å². The highest BCUT2D eigenvalue weighted by Crippen LogP contribution is 2.27. The van der Waals surface area contributed by atoms with Gasteiger partial charge < -0.3 is 10.6 Å². The molecule has 0 radical (unpaired) electrons. The first-order valence-electron chi connectivity index (χ1n) is 7.44. The smallest absolute Gasteiger partial charge is 0.244 e. The summed E-state index contributed by atoms with van der Waals surface area (Å²) in [5.74, 6) is 0.0194. The minimum Gasteiger partial charge on any atom is -0.320 e. The monoisotopic (exact) mass is 280 g/mol. The summed E-state index contributed by atoms with van der Waals surface area (Å²) in [6.45, 7) is 0.762. The largest absolute Gasteiger partial charge is 0.320 e. The molecule has 0 aliphatic carbocycles. The lowest BCUT2D eigenvalue weighted by Crippen LogP contribution is -2.47. The third kappa shape index (κ3) is 2.98. The average Bonchev–Trinajstić information content (AvgIpc) is 2.54. The molecule has 1 aliphatic heterocycles. The van der Waals surface area contributed by atoms with E-state index in [1.54, 1.807) is 0 Å². The van der Waals surface area contributed by atoms with Crippen LogP contribution in [0, 0.1) is 0 Å². The van der Waals surface area contributed by atoms with E-state index in [0.29, 0.717) is 6.42 Å². The van der Waals surface area contributed by atoms with Crippen LogP contribution in [-0.4, -0.2) is 18.5 Å². The van der Waals surface area contributed by atoms with Crippen LogP contribution in [0.15, 0.2) is 54.6 Å². The Hall–Kier alpha value is -2.13. The molecule has 1 amide bonds. The highest BCUT2D eigenvalue weighted by Gasteiger charge is 2.26. The SMILES string of the molecule is NC(Cc1ccccc1)C(=O)N1CCCc2ccccc21. The van der Waals surface area contributed by atoms with Gasteiger partial charge in [-0.2, -0.15) is 0 Å². The summed E-state index contributed by atoms with van der Waals surface area (Å²) >= 11 is 0. The number of para-hydroxylation sites is 1. The van der Waals surface area contributed by atoms with Crippen molar-refractivity contribution < 1.29 is 4.79 Å². The van der Waals surface area contributed by atoms with Gasteiger partial charge in [0.2, 0.25) is 5.91 Å². The molecule has 0 saturated heterocycles. The molecule has 3 nitrogen and oxygen atoms in total. The first-order chi connectivity index (χ1) is 10.3. The van der Waals surface area contributed by atoms with E-state index in [1.807, 2.05) is 53.4 Å². The van der Waals surface area contributed by atoms with E-state index in [-0.39, 0.29) is 5.91 Å². The molecular formula is C18H20N2O. The van der Waals surface area contributed by atoms with Crippen molar-refractivity contribution in [1.82, 2.24) is 0 Å². The molecule has 3 heteroatoms. The Labute approximate surface area is 125 Å². The standard InChI is InChI=1S/C18H20N2O/c19-16(13-14-7-2-1-3-8-14)18(21)20-12-6-10-15-9-4-5-11-17(15)20/h1-5,7-9,11,16H,6,10,12-13,19H2. The molecule has 2 aromatic rings. The predicted octanol–water partition coefficient (Wildman–Crippen LogP) is 2.54. The molecule has 1 aliphatic rings. The second-order valence-corrected chi connectivity index (χ2v) is 5.52. The van der Waals surface area contributed by atoms with E-state index in [4.69, 9.17) is 5.73 Å². The second-order valence-electron chi connectivity index (χ2n) is 5.52. The lowest BCUT2D eigenvalue weighted by Gasteiger charge is -2.31. The van der Waals surface area contributed by atoms with Crippen LogP contribution in [0.3, 0.4) is 0 Å². The van der Waals surface area contributed by atoms with Gasteiger partial charge in [0, 0.05) is 12.2 Å². The zero-order chi connectivity index (χ0) is 14.7. The van der Waals surface area contributed by atoms with E-state index < -0.39 is 6.04 Å². The Morgan fingerprint density at radius 3 is 2.62 bits per heavy atom. The molecule has 1 unspecified atom stereocenters. The number of rotatable bonds is 3. The molecule has 21 heavy (non-hydrogen) atoms. The Morgan fingerprint density at radius 1 is 1.10 bits per heavy atom. The van der Waals surface area contributed by atoms with Gasteiger partial charge in [0.05, 0.1) is 6.04 Å². The first-order valence-corrected chi connectivity index (χ1v) is 7.44. The van der Waals surface area contributed by atoms with Crippen molar-refractivity contribution in [2.45, 2.75) is 25.3 Å². The van der Waals surface area contributed by atoms with Crippen molar-refractivity contribution in [2.24, 2.45) is 5.73 Å². The molecule has 2 N–H and O–H groups in total. The van der Waals surface area contributed by atoms with Gasteiger partial charge in [0.25, 0.3) is 0 Å². The van der Waals surface area contributed by atoms with Gasteiger partial charge in [-0.15, -0.1) is 0 Å². The van der Waals surface area contributed by atoms with Crippen molar-refractivity contribution in [3.8, 4) is 0 Å². The second kappa shape index (κ2) is 6.10. The van der Waals surface area contributed by atoms with Crippen LogP contribution in [0.1, 0.15) is 17.5 Å². The number of carbonyl (C=O) groups excluding carboxylic acids is 1. The zero-order valence-corrected chi connectivity index (χ0v) is 12.0. The minimum absolute atomic E-state index is 0.0194. The van der Waals surface area contributed by atoms with Gasteiger partial charge in [-0.05, 0) is 36.5 Å². The predicted molar refractivity (Wildman–Crippen MR) is 85.2 cm³/mol. The number of hydrogen-bond donors (Lipinski definition) is 1. The highest BCUT2D eigenvalue weighted by atomic mass is 16.2. The lowest BCUT2D eigenvalue weighted by atomic mass is 9.99. The number of amides is 1. The molecule has 0 bridgehead atoms. The Balaban J connectivity index is 1.77. The Morgan fingerprint density at radius 2 is 1.81 bits per heavy atom. The number of nitrogens with zero attached hydrogens (tertiary/aromatic N) is 1. The van der Waals surface area contributed by atoms with Crippen molar-refractivity contribution in [3.05, 3.63) is 65.7 Å². The van der Waals surface area contributed by atoms with Crippen LogP contribution in [0.4, 0.5) is 5.69 Å². The molecule has 0 saturated carbocycles. The Kier molecular flexibility index (Phi) is 4.02. The van der Waals surface area contributed by atoms with Gasteiger partial charge in [0.1, 0.15) is 0 Å². The lowest BCUT2D eigenvalue weighted by molar-refractivity contribution is -0.119. The maximum absolute atomic E-state index is 12.7. The van der Waals surface area contributed by atoms with Crippen molar-refractivity contribution in [2.75, 3.05) is 11.4 Å². The fraction of sp³-hybridized carbons (Fsp3) is 0.278. The minimum atomic E-state index is -0.487. The van der Waals surface area contributed by atoms with E-state index in [1.165, 1.54) is 5.56 Å². The van der Waals surface area contributed by atoms with E-state index in [2.05, 4.69) is 6.07 Å². The number of aryl methyl sites for hydroxylation is 1. The van der Waals surface area contributed by atoms with Crippen LogP contribution < -0.4 is 10.6 Å².